The SMILES string of the molecule is CCNC(=NCC(Cc1ccccc1)N(C)C)NCCCOCc1ccco1.I. The first kappa shape index (κ1) is 25.5. The van der Waals surface area contributed by atoms with E-state index in [-0.39, 0.29) is 24.0 Å². The lowest BCUT2D eigenvalue weighted by atomic mass is 10.1. The molecule has 162 valence electrons. The first-order chi connectivity index (χ1) is 13.7. The third-order valence-corrected chi connectivity index (χ3v) is 4.43. The van der Waals surface area contributed by atoms with Crippen molar-refractivity contribution in [3.05, 3.63) is 60.1 Å². The van der Waals surface area contributed by atoms with Gasteiger partial charge in [-0.25, -0.2) is 0 Å². The molecule has 0 saturated carbocycles. The van der Waals surface area contributed by atoms with E-state index in [1.54, 1.807) is 6.26 Å². The Balaban J connectivity index is 0.00000420. The van der Waals surface area contributed by atoms with Gasteiger partial charge in [0.15, 0.2) is 5.96 Å². The molecule has 2 aromatic rings. The van der Waals surface area contributed by atoms with E-state index in [0.29, 0.717) is 19.3 Å². The van der Waals surface area contributed by atoms with Gasteiger partial charge in [-0.05, 0) is 51.6 Å². The van der Waals surface area contributed by atoms with E-state index >= 15 is 0 Å². The van der Waals surface area contributed by atoms with E-state index in [1.807, 2.05) is 12.1 Å². The van der Waals surface area contributed by atoms with Crippen LogP contribution in [0.4, 0.5) is 0 Å². The summed E-state index contributed by atoms with van der Waals surface area (Å²) in [5, 5.41) is 6.71. The number of guanidine groups is 1. The molecule has 2 N–H and O–H groups in total. The highest BCUT2D eigenvalue weighted by atomic mass is 127. The van der Waals surface area contributed by atoms with Crippen LogP contribution in [0.25, 0.3) is 0 Å². The molecule has 2 rings (SSSR count). The zero-order chi connectivity index (χ0) is 20.0. The monoisotopic (exact) mass is 514 g/mol. The minimum absolute atomic E-state index is 0. The van der Waals surface area contributed by atoms with Crippen molar-refractivity contribution in [2.45, 2.75) is 32.4 Å². The molecular weight excluding hydrogens is 479 g/mol. The van der Waals surface area contributed by atoms with E-state index in [9.17, 15) is 0 Å². The standard InChI is InChI=1S/C22H34N4O2.HI/c1-4-23-22(24-13-9-14-27-18-21-12-8-15-28-21)25-17-20(26(2)3)16-19-10-6-5-7-11-19;/h5-8,10-12,15,20H,4,9,13-14,16-18H2,1-3H3,(H2,23,24,25);1H. The average Bonchev–Trinajstić information content (AvgIpc) is 3.21. The lowest BCUT2D eigenvalue weighted by molar-refractivity contribution is 0.105. The largest absolute Gasteiger partial charge is 0.467 e. The third kappa shape index (κ3) is 10.7. The van der Waals surface area contributed by atoms with E-state index in [4.69, 9.17) is 14.1 Å². The number of likely N-dealkylation sites (N-methyl/N-ethyl adjacent to an activating group) is 1. The molecule has 0 aliphatic heterocycles. The zero-order valence-electron chi connectivity index (χ0n) is 17.8. The maximum atomic E-state index is 5.62. The number of furan rings is 1. The van der Waals surface area contributed by atoms with Gasteiger partial charge in [0.2, 0.25) is 0 Å². The van der Waals surface area contributed by atoms with Gasteiger partial charge in [-0.1, -0.05) is 30.3 Å². The molecule has 7 heteroatoms. The van der Waals surface area contributed by atoms with Crippen molar-refractivity contribution in [2.75, 3.05) is 40.3 Å². The van der Waals surface area contributed by atoms with Crippen LogP contribution in [0.5, 0.6) is 0 Å². The van der Waals surface area contributed by atoms with Gasteiger partial charge in [0, 0.05) is 25.7 Å². The summed E-state index contributed by atoms with van der Waals surface area (Å²) < 4.78 is 10.9. The maximum absolute atomic E-state index is 5.62. The van der Waals surface area contributed by atoms with E-state index < -0.39 is 0 Å². The summed E-state index contributed by atoms with van der Waals surface area (Å²) in [6.07, 6.45) is 3.56. The number of hydrogen-bond acceptors (Lipinski definition) is 4. The van der Waals surface area contributed by atoms with Gasteiger partial charge in [0.05, 0.1) is 12.8 Å². The Hall–Kier alpha value is -1.58. The van der Waals surface area contributed by atoms with Crippen molar-refractivity contribution in [1.29, 1.82) is 0 Å². The summed E-state index contributed by atoms with van der Waals surface area (Å²) in [4.78, 5) is 7.03. The molecule has 0 aliphatic rings. The number of halogens is 1. The fourth-order valence-corrected chi connectivity index (χ4v) is 2.78. The second-order valence-electron chi connectivity index (χ2n) is 6.94. The highest BCUT2D eigenvalue weighted by molar-refractivity contribution is 14.0. The predicted octanol–water partition coefficient (Wildman–Crippen LogP) is 3.53. The number of rotatable bonds is 12. The van der Waals surface area contributed by atoms with Crippen molar-refractivity contribution < 1.29 is 9.15 Å². The molecule has 29 heavy (non-hydrogen) atoms. The fraction of sp³-hybridized carbons (Fsp3) is 0.500. The van der Waals surface area contributed by atoms with Crippen LogP contribution >= 0.6 is 24.0 Å². The fourth-order valence-electron chi connectivity index (χ4n) is 2.78. The Morgan fingerprint density at radius 3 is 2.59 bits per heavy atom. The summed E-state index contributed by atoms with van der Waals surface area (Å²) in [5.41, 5.74) is 1.34. The first-order valence-corrected chi connectivity index (χ1v) is 10.0. The summed E-state index contributed by atoms with van der Waals surface area (Å²) in [6.45, 7) is 5.68. The first-order valence-electron chi connectivity index (χ1n) is 10.0. The summed E-state index contributed by atoms with van der Waals surface area (Å²) in [7, 11) is 4.22. The van der Waals surface area contributed by atoms with Crippen molar-refractivity contribution >= 4 is 29.9 Å². The number of aliphatic imine (C=N–C) groups is 1. The molecule has 1 atom stereocenters. The second kappa shape index (κ2) is 15.3. The second-order valence-corrected chi connectivity index (χ2v) is 6.94. The van der Waals surface area contributed by atoms with Crippen LogP contribution in [0.15, 0.2) is 58.1 Å². The molecule has 1 aromatic carbocycles. The average molecular weight is 514 g/mol. The number of benzene rings is 1. The lowest BCUT2D eigenvalue weighted by Gasteiger charge is -2.23. The van der Waals surface area contributed by atoms with Crippen LogP contribution in [0.1, 0.15) is 24.7 Å². The van der Waals surface area contributed by atoms with Crippen LogP contribution in [-0.4, -0.2) is 57.2 Å². The van der Waals surface area contributed by atoms with Gasteiger partial charge < -0.3 is 24.7 Å². The van der Waals surface area contributed by atoms with Crippen LogP contribution in [0, 0.1) is 0 Å². The Morgan fingerprint density at radius 1 is 1.14 bits per heavy atom. The third-order valence-electron chi connectivity index (χ3n) is 4.43. The van der Waals surface area contributed by atoms with Crippen LogP contribution in [0.3, 0.4) is 0 Å². The molecule has 6 nitrogen and oxygen atoms in total. The molecule has 0 saturated heterocycles. The topological polar surface area (TPSA) is 62.0 Å². The highest BCUT2D eigenvalue weighted by Crippen LogP contribution is 2.07. The number of hydrogen-bond donors (Lipinski definition) is 2. The Bertz CT molecular complexity index is 663. The van der Waals surface area contributed by atoms with Crippen LogP contribution < -0.4 is 10.6 Å². The van der Waals surface area contributed by atoms with Gasteiger partial charge in [-0.15, -0.1) is 24.0 Å². The van der Waals surface area contributed by atoms with Crippen LogP contribution in [0.2, 0.25) is 0 Å². The number of nitrogens with one attached hydrogen (secondary N) is 2. The van der Waals surface area contributed by atoms with Crippen molar-refractivity contribution in [1.82, 2.24) is 15.5 Å². The molecule has 0 aliphatic carbocycles. The van der Waals surface area contributed by atoms with Crippen molar-refractivity contribution in [3.8, 4) is 0 Å². The van der Waals surface area contributed by atoms with Gasteiger partial charge >= 0.3 is 0 Å². The van der Waals surface area contributed by atoms with Gasteiger partial charge in [0.1, 0.15) is 12.4 Å². The Labute approximate surface area is 192 Å². The van der Waals surface area contributed by atoms with E-state index in [0.717, 1.165) is 44.2 Å². The van der Waals surface area contributed by atoms with Crippen LogP contribution in [-0.2, 0) is 17.8 Å². The minimum Gasteiger partial charge on any atom is -0.467 e. The summed E-state index contributed by atoms with van der Waals surface area (Å²) >= 11 is 0. The molecule has 0 amide bonds. The molecule has 0 bridgehead atoms. The number of nitrogens with zero attached hydrogens (tertiary/aromatic N) is 2. The lowest BCUT2D eigenvalue weighted by Crippen LogP contribution is -2.40. The van der Waals surface area contributed by atoms with E-state index in [1.165, 1.54) is 5.56 Å². The predicted molar refractivity (Wildman–Crippen MR) is 130 cm³/mol. The van der Waals surface area contributed by atoms with E-state index in [2.05, 4.69) is 66.9 Å². The maximum Gasteiger partial charge on any atom is 0.191 e. The van der Waals surface area contributed by atoms with Crippen molar-refractivity contribution in [3.63, 3.8) is 0 Å². The molecule has 1 heterocycles. The normalized spacial score (nSPS) is 12.5. The molecular formula is C22H35IN4O2. The molecule has 0 spiro atoms. The summed E-state index contributed by atoms with van der Waals surface area (Å²) in [5.74, 6) is 1.71. The van der Waals surface area contributed by atoms with Crippen molar-refractivity contribution in [2.24, 2.45) is 4.99 Å². The quantitative estimate of drug-likeness (QED) is 0.197. The van der Waals surface area contributed by atoms with Gasteiger partial charge in [-0.2, -0.15) is 0 Å². The highest BCUT2D eigenvalue weighted by Gasteiger charge is 2.12. The minimum atomic E-state index is 0. The molecule has 1 unspecified atom stereocenters. The smallest absolute Gasteiger partial charge is 0.191 e. The Morgan fingerprint density at radius 2 is 1.93 bits per heavy atom. The molecule has 0 fully saturated rings. The van der Waals surface area contributed by atoms with Gasteiger partial charge in [-0.3, -0.25) is 4.99 Å². The zero-order valence-corrected chi connectivity index (χ0v) is 20.1. The van der Waals surface area contributed by atoms with Gasteiger partial charge in [0.25, 0.3) is 0 Å². The Kier molecular flexibility index (Phi) is 13.4. The molecule has 0 radical (unpaired) electrons. The molecule has 1 aromatic heterocycles. The number of ether oxygens (including phenoxy) is 1. The summed E-state index contributed by atoms with van der Waals surface area (Å²) in [6, 6.07) is 14.7.